The molecule has 1 aliphatic rings. The van der Waals surface area contributed by atoms with Crippen molar-refractivity contribution < 1.29 is 14.3 Å². The van der Waals surface area contributed by atoms with E-state index in [2.05, 4.69) is 24.5 Å². The van der Waals surface area contributed by atoms with Gasteiger partial charge in [0.15, 0.2) is 0 Å². The number of rotatable bonds is 3. The second-order valence-electron chi connectivity index (χ2n) is 5.45. The summed E-state index contributed by atoms with van der Waals surface area (Å²) in [6, 6.07) is 14.7. The molecule has 0 bridgehead atoms. The van der Waals surface area contributed by atoms with Crippen molar-refractivity contribution in [2.24, 2.45) is 0 Å². The van der Waals surface area contributed by atoms with Crippen LogP contribution in [0.25, 0.3) is 0 Å². The molecule has 0 aliphatic carbocycles. The number of thioether (sulfide) groups is 2. The maximum atomic E-state index is 11.9. The van der Waals surface area contributed by atoms with Gasteiger partial charge in [0.25, 0.3) is 0 Å². The largest absolute Gasteiger partial charge is 0.493 e. The maximum absolute atomic E-state index is 11.9. The highest BCUT2D eigenvalue weighted by molar-refractivity contribution is 8.16. The first-order valence-electron chi connectivity index (χ1n) is 7.83. The van der Waals surface area contributed by atoms with Gasteiger partial charge in [-0.2, -0.15) is 0 Å². The van der Waals surface area contributed by atoms with Crippen LogP contribution in [-0.2, 0) is 8.82 Å². The lowest BCUT2D eigenvalue weighted by Gasteiger charge is -2.36. The van der Waals surface area contributed by atoms with Gasteiger partial charge >= 0.3 is 5.97 Å². The number of hydrogen-bond acceptors (Lipinski definition) is 5. The minimum Gasteiger partial charge on any atom is -0.493 e. The van der Waals surface area contributed by atoms with Gasteiger partial charge < -0.3 is 9.47 Å². The number of esters is 1. The molecular formula is C20H18O3S2. The van der Waals surface area contributed by atoms with Crippen LogP contribution in [0.4, 0.5) is 0 Å². The van der Waals surface area contributed by atoms with Gasteiger partial charge in [-0.15, -0.1) is 23.5 Å². The van der Waals surface area contributed by atoms with E-state index >= 15 is 0 Å². The normalized spacial score (nSPS) is 14.5. The first-order valence-corrected chi connectivity index (χ1v) is 10.3. The lowest BCUT2D eigenvalue weighted by atomic mass is 10.0. The second kappa shape index (κ2) is 7.90. The fraction of sp³-hybridized carbons (Fsp3) is 0.250. The van der Waals surface area contributed by atoms with Crippen molar-refractivity contribution in [2.75, 3.05) is 19.1 Å². The Morgan fingerprint density at radius 3 is 2.64 bits per heavy atom. The Morgan fingerprint density at radius 2 is 1.92 bits per heavy atom. The standard InChI is InChI=1S/C20H18O3S2/c1-24-20(25-2)11-13-22-18-9-8-15(14-17(18)20)10-12-23-19(21)16-6-4-3-5-7-16/h3-9,14H,11,13H2,1-2H3. The van der Waals surface area contributed by atoms with Crippen LogP contribution in [0.1, 0.15) is 27.9 Å². The van der Waals surface area contributed by atoms with Gasteiger partial charge in [0.1, 0.15) is 11.9 Å². The summed E-state index contributed by atoms with van der Waals surface area (Å²) in [7, 11) is 0. The molecule has 3 rings (SSSR count). The molecule has 25 heavy (non-hydrogen) atoms. The van der Waals surface area contributed by atoms with Crippen molar-refractivity contribution in [1.82, 2.24) is 0 Å². The average molecular weight is 370 g/mol. The number of benzene rings is 2. The van der Waals surface area contributed by atoms with Crippen molar-refractivity contribution in [2.45, 2.75) is 10.5 Å². The van der Waals surface area contributed by atoms with Crippen LogP contribution < -0.4 is 4.74 Å². The van der Waals surface area contributed by atoms with Crippen molar-refractivity contribution >= 4 is 29.5 Å². The van der Waals surface area contributed by atoms with Crippen molar-refractivity contribution in [1.29, 1.82) is 0 Å². The molecule has 128 valence electrons. The lowest BCUT2D eigenvalue weighted by molar-refractivity contribution is 0.0690. The van der Waals surface area contributed by atoms with Gasteiger partial charge in [-0.05, 0) is 48.8 Å². The van der Waals surface area contributed by atoms with Crippen LogP contribution in [0.2, 0.25) is 0 Å². The van der Waals surface area contributed by atoms with Gasteiger partial charge in [0.05, 0.1) is 16.2 Å². The van der Waals surface area contributed by atoms with Gasteiger partial charge in [0, 0.05) is 17.5 Å². The summed E-state index contributed by atoms with van der Waals surface area (Å²) in [5.74, 6) is 3.37. The Bertz CT molecular complexity index is 818. The third-order valence-corrected chi connectivity index (χ3v) is 7.25. The van der Waals surface area contributed by atoms with Crippen molar-refractivity contribution in [3.8, 4) is 17.8 Å². The van der Waals surface area contributed by atoms with E-state index in [1.807, 2.05) is 47.8 Å². The van der Waals surface area contributed by atoms with E-state index in [0.29, 0.717) is 12.2 Å². The monoisotopic (exact) mass is 370 g/mol. The van der Waals surface area contributed by atoms with Gasteiger partial charge in [0.2, 0.25) is 0 Å². The Hall–Kier alpha value is -2.03. The second-order valence-corrected chi connectivity index (χ2v) is 7.92. The van der Waals surface area contributed by atoms with E-state index in [4.69, 9.17) is 9.47 Å². The molecule has 0 saturated heterocycles. The summed E-state index contributed by atoms with van der Waals surface area (Å²) >= 11 is 3.64. The van der Waals surface area contributed by atoms with Crippen molar-refractivity contribution in [3.63, 3.8) is 0 Å². The van der Waals surface area contributed by atoms with Crippen LogP contribution in [0.15, 0.2) is 48.5 Å². The van der Waals surface area contributed by atoms with E-state index in [-0.39, 0.29) is 4.08 Å². The predicted molar refractivity (Wildman–Crippen MR) is 104 cm³/mol. The number of fused-ring (bicyclic) bond motifs is 1. The number of carbonyl (C=O) groups excluding carboxylic acids is 1. The Kier molecular flexibility index (Phi) is 5.62. The predicted octanol–water partition coefficient (Wildman–Crippen LogP) is 4.51. The van der Waals surface area contributed by atoms with Crippen LogP contribution in [-0.4, -0.2) is 25.1 Å². The fourth-order valence-electron chi connectivity index (χ4n) is 2.73. The van der Waals surface area contributed by atoms with Crippen LogP contribution in [0.5, 0.6) is 5.75 Å². The average Bonchev–Trinajstić information content (AvgIpc) is 2.68. The molecule has 0 fully saturated rings. The molecule has 0 N–H and O–H groups in total. The fourth-order valence-corrected chi connectivity index (χ4v) is 4.73. The first kappa shape index (κ1) is 17.8. The van der Waals surface area contributed by atoms with Gasteiger partial charge in [-0.25, -0.2) is 4.79 Å². The third kappa shape index (κ3) is 3.81. The van der Waals surface area contributed by atoms with Crippen molar-refractivity contribution in [3.05, 3.63) is 65.2 Å². The molecule has 2 aromatic rings. The molecule has 0 unspecified atom stereocenters. The third-order valence-electron chi connectivity index (χ3n) is 4.09. The highest BCUT2D eigenvalue weighted by Crippen LogP contribution is 2.52. The Morgan fingerprint density at radius 1 is 1.16 bits per heavy atom. The summed E-state index contributed by atoms with van der Waals surface area (Å²) in [6.07, 6.45) is 7.70. The summed E-state index contributed by atoms with van der Waals surface area (Å²) < 4.78 is 10.8. The quantitative estimate of drug-likeness (QED) is 0.451. The zero-order valence-corrected chi connectivity index (χ0v) is 15.7. The van der Waals surface area contributed by atoms with Gasteiger partial charge in [-0.3, -0.25) is 0 Å². The summed E-state index contributed by atoms with van der Waals surface area (Å²) in [6.45, 7) is 0.717. The molecule has 0 amide bonds. The summed E-state index contributed by atoms with van der Waals surface area (Å²) in [5.41, 5.74) is 2.43. The topological polar surface area (TPSA) is 35.5 Å². The number of hydrogen-bond donors (Lipinski definition) is 0. The molecule has 1 heterocycles. The number of ether oxygens (including phenoxy) is 2. The summed E-state index contributed by atoms with van der Waals surface area (Å²) in [5, 5.41) is 0. The van der Waals surface area contributed by atoms with E-state index in [1.54, 1.807) is 24.3 Å². The van der Waals surface area contributed by atoms with Crippen LogP contribution >= 0.6 is 23.5 Å². The Balaban J connectivity index is 1.80. The SMILES string of the molecule is CSC1(SC)CCOc2ccc(C#COC(=O)c3ccccc3)cc21. The van der Waals surface area contributed by atoms with E-state index in [9.17, 15) is 4.79 Å². The minimum absolute atomic E-state index is 0.0218. The van der Waals surface area contributed by atoms with Crippen LogP contribution in [0.3, 0.4) is 0 Å². The first-order chi connectivity index (χ1) is 12.2. The highest BCUT2D eigenvalue weighted by atomic mass is 32.2. The Labute approximate surface area is 156 Å². The molecule has 1 aliphatic heterocycles. The molecule has 0 aromatic heterocycles. The lowest BCUT2D eigenvalue weighted by Crippen LogP contribution is -2.26. The maximum Gasteiger partial charge on any atom is 0.352 e. The molecule has 0 radical (unpaired) electrons. The molecule has 0 spiro atoms. The smallest absolute Gasteiger partial charge is 0.352 e. The molecule has 2 aromatic carbocycles. The molecule has 5 heteroatoms. The zero-order valence-electron chi connectivity index (χ0n) is 14.1. The zero-order chi connectivity index (χ0) is 17.7. The molecule has 0 atom stereocenters. The van der Waals surface area contributed by atoms with E-state index < -0.39 is 5.97 Å². The van der Waals surface area contributed by atoms with Gasteiger partial charge in [-0.1, -0.05) is 18.2 Å². The van der Waals surface area contributed by atoms with E-state index in [1.165, 1.54) is 0 Å². The van der Waals surface area contributed by atoms with Crippen LogP contribution in [0, 0.1) is 12.0 Å². The molecule has 0 saturated carbocycles. The highest BCUT2D eigenvalue weighted by Gasteiger charge is 2.36. The molecule has 3 nitrogen and oxygen atoms in total. The molecular weight excluding hydrogens is 352 g/mol. The minimum atomic E-state index is -0.447. The van der Waals surface area contributed by atoms with E-state index in [0.717, 1.165) is 23.3 Å². The number of carbonyl (C=O) groups is 1. The summed E-state index contributed by atoms with van der Waals surface area (Å²) in [4.78, 5) is 11.9.